The molecule has 0 saturated carbocycles. The normalized spacial score (nSPS) is 13.4. The molecule has 1 unspecified atom stereocenters. The lowest BCUT2D eigenvalue weighted by Crippen LogP contribution is -2.37. The SMILES string of the molecule is CCCc1ccc(C(C)NCC(CC)(CC)CO)cc1. The van der Waals surface area contributed by atoms with E-state index in [1.807, 2.05) is 0 Å². The summed E-state index contributed by atoms with van der Waals surface area (Å²) in [6.45, 7) is 9.85. The van der Waals surface area contributed by atoms with E-state index in [-0.39, 0.29) is 12.0 Å². The van der Waals surface area contributed by atoms with Crippen molar-refractivity contribution in [1.29, 1.82) is 0 Å². The molecule has 0 radical (unpaired) electrons. The summed E-state index contributed by atoms with van der Waals surface area (Å²) in [4.78, 5) is 0. The van der Waals surface area contributed by atoms with E-state index < -0.39 is 0 Å². The van der Waals surface area contributed by atoms with Crippen LogP contribution >= 0.6 is 0 Å². The number of hydrogen-bond donors (Lipinski definition) is 2. The molecule has 20 heavy (non-hydrogen) atoms. The average molecular weight is 277 g/mol. The third-order valence-corrected chi connectivity index (χ3v) is 4.64. The number of hydrogen-bond acceptors (Lipinski definition) is 2. The van der Waals surface area contributed by atoms with Crippen LogP contribution in [0.3, 0.4) is 0 Å². The molecule has 0 saturated heterocycles. The van der Waals surface area contributed by atoms with Gasteiger partial charge in [0, 0.05) is 24.6 Å². The third kappa shape index (κ3) is 4.60. The highest BCUT2D eigenvalue weighted by Gasteiger charge is 2.25. The Balaban J connectivity index is 2.59. The summed E-state index contributed by atoms with van der Waals surface area (Å²) in [7, 11) is 0. The molecule has 0 heterocycles. The second kappa shape index (κ2) is 8.43. The standard InChI is InChI=1S/C18H31NO/c1-5-8-16-9-11-17(12-10-16)15(4)19-13-18(6-2,7-3)14-20/h9-12,15,19-20H,5-8,13-14H2,1-4H3. The van der Waals surface area contributed by atoms with Crippen molar-refractivity contribution in [1.82, 2.24) is 5.32 Å². The molecule has 114 valence electrons. The van der Waals surface area contributed by atoms with E-state index in [2.05, 4.69) is 57.3 Å². The minimum Gasteiger partial charge on any atom is -0.396 e. The number of aliphatic hydroxyl groups is 1. The van der Waals surface area contributed by atoms with E-state index in [4.69, 9.17) is 0 Å². The van der Waals surface area contributed by atoms with Gasteiger partial charge in [0.1, 0.15) is 0 Å². The molecule has 1 aromatic rings. The van der Waals surface area contributed by atoms with Crippen LogP contribution in [0.25, 0.3) is 0 Å². The molecule has 0 aliphatic rings. The lowest BCUT2D eigenvalue weighted by Gasteiger charge is -2.31. The van der Waals surface area contributed by atoms with Gasteiger partial charge in [-0.15, -0.1) is 0 Å². The van der Waals surface area contributed by atoms with Crippen molar-refractivity contribution >= 4 is 0 Å². The number of aliphatic hydroxyl groups excluding tert-OH is 1. The lowest BCUT2D eigenvalue weighted by atomic mass is 9.83. The van der Waals surface area contributed by atoms with Gasteiger partial charge in [-0.1, -0.05) is 51.5 Å². The summed E-state index contributed by atoms with van der Waals surface area (Å²) in [6, 6.07) is 9.24. The molecule has 2 N–H and O–H groups in total. The average Bonchev–Trinajstić information content (AvgIpc) is 2.50. The van der Waals surface area contributed by atoms with Gasteiger partial charge in [-0.2, -0.15) is 0 Å². The minimum absolute atomic E-state index is 0.0242. The van der Waals surface area contributed by atoms with Crippen LogP contribution in [-0.2, 0) is 6.42 Å². The van der Waals surface area contributed by atoms with Crippen LogP contribution in [0, 0.1) is 5.41 Å². The van der Waals surface area contributed by atoms with E-state index in [1.54, 1.807) is 0 Å². The summed E-state index contributed by atoms with van der Waals surface area (Å²) in [5.41, 5.74) is 2.76. The molecule has 0 amide bonds. The van der Waals surface area contributed by atoms with Gasteiger partial charge in [0.25, 0.3) is 0 Å². The van der Waals surface area contributed by atoms with Crippen LogP contribution in [0.15, 0.2) is 24.3 Å². The zero-order chi connectivity index (χ0) is 15.0. The van der Waals surface area contributed by atoms with Crippen molar-refractivity contribution in [3.63, 3.8) is 0 Å². The quantitative estimate of drug-likeness (QED) is 0.712. The molecule has 2 heteroatoms. The Morgan fingerprint density at radius 3 is 2.15 bits per heavy atom. The zero-order valence-corrected chi connectivity index (χ0v) is 13.6. The molecule has 1 rings (SSSR count). The van der Waals surface area contributed by atoms with Gasteiger partial charge in [-0.25, -0.2) is 0 Å². The molecule has 0 aromatic heterocycles. The smallest absolute Gasteiger partial charge is 0.0499 e. The number of nitrogens with one attached hydrogen (secondary N) is 1. The van der Waals surface area contributed by atoms with Gasteiger partial charge >= 0.3 is 0 Å². The molecule has 1 aromatic carbocycles. The van der Waals surface area contributed by atoms with E-state index in [9.17, 15) is 5.11 Å². The third-order valence-electron chi connectivity index (χ3n) is 4.64. The fourth-order valence-corrected chi connectivity index (χ4v) is 2.53. The molecule has 0 aliphatic heterocycles. The Hall–Kier alpha value is -0.860. The Bertz CT molecular complexity index is 359. The zero-order valence-electron chi connectivity index (χ0n) is 13.6. The largest absolute Gasteiger partial charge is 0.396 e. The van der Waals surface area contributed by atoms with Gasteiger partial charge in [0.15, 0.2) is 0 Å². The Kier molecular flexibility index (Phi) is 7.25. The molecule has 0 bridgehead atoms. The molecule has 0 aliphatic carbocycles. The summed E-state index contributed by atoms with van der Waals surface area (Å²) in [5.74, 6) is 0. The maximum atomic E-state index is 9.62. The number of rotatable bonds is 9. The molecular weight excluding hydrogens is 246 g/mol. The fourth-order valence-electron chi connectivity index (χ4n) is 2.53. The minimum atomic E-state index is 0.0242. The maximum absolute atomic E-state index is 9.62. The summed E-state index contributed by atoms with van der Waals surface area (Å²) in [6.07, 6.45) is 4.37. The lowest BCUT2D eigenvalue weighted by molar-refractivity contribution is 0.110. The Morgan fingerprint density at radius 2 is 1.70 bits per heavy atom. The van der Waals surface area contributed by atoms with Crippen molar-refractivity contribution in [2.24, 2.45) is 5.41 Å². The molecule has 0 spiro atoms. The molecule has 0 fully saturated rings. The van der Waals surface area contributed by atoms with Gasteiger partial charge in [0.2, 0.25) is 0 Å². The highest BCUT2D eigenvalue weighted by Crippen LogP contribution is 2.26. The first kappa shape index (κ1) is 17.2. The van der Waals surface area contributed by atoms with Crippen LogP contribution in [0.5, 0.6) is 0 Å². The van der Waals surface area contributed by atoms with E-state index in [0.29, 0.717) is 6.04 Å². The van der Waals surface area contributed by atoms with Crippen molar-refractivity contribution in [2.45, 2.75) is 59.4 Å². The van der Waals surface area contributed by atoms with Crippen LogP contribution in [0.4, 0.5) is 0 Å². The van der Waals surface area contributed by atoms with Crippen LogP contribution in [-0.4, -0.2) is 18.3 Å². The predicted molar refractivity (Wildman–Crippen MR) is 87.0 cm³/mol. The Labute approximate surface area is 124 Å². The van der Waals surface area contributed by atoms with Crippen molar-refractivity contribution in [3.8, 4) is 0 Å². The van der Waals surface area contributed by atoms with E-state index in [0.717, 1.165) is 25.8 Å². The van der Waals surface area contributed by atoms with E-state index in [1.165, 1.54) is 17.5 Å². The second-order valence-corrected chi connectivity index (χ2v) is 5.96. The van der Waals surface area contributed by atoms with Crippen LogP contribution in [0.1, 0.15) is 64.1 Å². The molecule has 1 atom stereocenters. The van der Waals surface area contributed by atoms with Gasteiger partial charge in [-0.05, 0) is 37.3 Å². The van der Waals surface area contributed by atoms with Gasteiger partial charge in [-0.3, -0.25) is 0 Å². The first-order chi connectivity index (χ1) is 9.60. The summed E-state index contributed by atoms with van der Waals surface area (Å²) < 4.78 is 0. The van der Waals surface area contributed by atoms with Crippen LogP contribution < -0.4 is 5.32 Å². The summed E-state index contributed by atoms with van der Waals surface area (Å²) in [5, 5.41) is 13.2. The predicted octanol–water partition coefficient (Wildman–Crippen LogP) is 4.09. The van der Waals surface area contributed by atoms with Gasteiger partial charge in [0.05, 0.1) is 0 Å². The molecular formula is C18H31NO. The number of aryl methyl sites for hydroxylation is 1. The monoisotopic (exact) mass is 277 g/mol. The van der Waals surface area contributed by atoms with Crippen molar-refractivity contribution in [3.05, 3.63) is 35.4 Å². The van der Waals surface area contributed by atoms with Crippen molar-refractivity contribution < 1.29 is 5.11 Å². The first-order valence-corrected chi connectivity index (χ1v) is 8.03. The second-order valence-electron chi connectivity index (χ2n) is 5.96. The maximum Gasteiger partial charge on any atom is 0.0499 e. The highest BCUT2D eigenvalue weighted by atomic mass is 16.3. The van der Waals surface area contributed by atoms with Crippen LogP contribution in [0.2, 0.25) is 0 Å². The topological polar surface area (TPSA) is 32.3 Å². The highest BCUT2D eigenvalue weighted by molar-refractivity contribution is 5.24. The Morgan fingerprint density at radius 1 is 1.10 bits per heavy atom. The first-order valence-electron chi connectivity index (χ1n) is 8.03. The summed E-state index contributed by atoms with van der Waals surface area (Å²) >= 11 is 0. The van der Waals surface area contributed by atoms with Gasteiger partial charge < -0.3 is 10.4 Å². The molecule has 2 nitrogen and oxygen atoms in total. The fraction of sp³-hybridized carbons (Fsp3) is 0.667. The number of benzene rings is 1. The van der Waals surface area contributed by atoms with Crippen molar-refractivity contribution in [2.75, 3.05) is 13.2 Å². The van der Waals surface area contributed by atoms with E-state index >= 15 is 0 Å².